The molecule has 1 aromatic rings. The largest absolute Gasteiger partial charge is 0.445 e. The lowest BCUT2D eigenvalue weighted by Crippen LogP contribution is -2.35. The number of benzene rings is 1. The van der Waals surface area contributed by atoms with Crippen molar-refractivity contribution < 1.29 is 18.3 Å². The number of likely N-dealkylation sites (tertiary alicyclic amines) is 1. The molecule has 1 aliphatic rings. The second-order valence-corrected chi connectivity index (χ2v) is 4.35. The average molecular weight is 255 g/mol. The van der Waals surface area contributed by atoms with Crippen LogP contribution in [0.4, 0.5) is 13.6 Å². The molecule has 1 aromatic carbocycles. The molecule has 0 unspecified atom stereocenters. The van der Waals surface area contributed by atoms with Crippen LogP contribution in [-0.4, -0.2) is 24.1 Å². The molecule has 0 spiro atoms. The van der Waals surface area contributed by atoms with Gasteiger partial charge in [0.25, 0.3) is 0 Å². The predicted octanol–water partition coefficient (Wildman–Crippen LogP) is 3.09. The molecule has 0 bridgehead atoms. The molecule has 18 heavy (non-hydrogen) atoms. The minimum atomic E-state index is -0.929. The molecule has 5 heteroatoms. The molecule has 2 rings (SSSR count). The van der Waals surface area contributed by atoms with Crippen molar-refractivity contribution in [2.75, 3.05) is 13.1 Å². The highest BCUT2D eigenvalue weighted by atomic mass is 19.2. The third-order valence-electron chi connectivity index (χ3n) is 2.96. The SMILES string of the molecule is O=C(OCc1ccc(F)c(F)c1)N1CCCCC1. The first kappa shape index (κ1) is 12.8. The van der Waals surface area contributed by atoms with Gasteiger partial charge in [0, 0.05) is 13.1 Å². The van der Waals surface area contributed by atoms with Crippen LogP contribution in [0.2, 0.25) is 0 Å². The molecule has 1 fully saturated rings. The quantitative estimate of drug-likeness (QED) is 0.812. The topological polar surface area (TPSA) is 29.5 Å². The van der Waals surface area contributed by atoms with Gasteiger partial charge >= 0.3 is 6.09 Å². The number of hydrogen-bond donors (Lipinski definition) is 0. The Bertz CT molecular complexity index is 431. The van der Waals surface area contributed by atoms with Crippen LogP contribution in [-0.2, 0) is 11.3 Å². The van der Waals surface area contributed by atoms with Crippen LogP contribution in [0.25, 0.3) is 0 Å². The second-order valence-electron chi connectivity index (χ2n) is 4.35. The molecule has 1 heterocycles. The molecular formula is C13H15F2NO2. The van der Waals surface area contributed by atoms with Gasteiger partial charge in [-0.1, -0.05) is 6.07 Å². The summed E-state index contributed by atoms with van der Waals surface area (Å²) in [6.45, 7) is 1.37. The molecule has 0 aliphatic carbocycles. The Morgan fingerprint density at radius 3 is 2.56 bits per heavy atom. The molecule has 1 aliphatic heterocycles. The van der Waals surface area contributed by atoms with Gasteiger partial charge in [0.15, 0.2) is 11.6 Å². The number of piperidine rings is 1. The molecule has 0 atom stereocenters. The predicted molar refractivity (Wildman–Crippen MR) is 62.0 cm³/mol. The Morgan fingerprint density at radius 2 is 1.89 bits per heavy atom. The maximum Gasteiger partial charge on any atom is 0.410 e. The molecule has 0 aromatic heterocycles. The van der Waals surface area contributed by atoms with Crippen molar-refractivity contribution in [3.63, 3.8) is 0 Å². The van der Waals surface area contributed by atoms with E-state index < -0.39 is 11.6 Å². The first-order valence-corrected chi connectivity index (χ1v) is 6.02. The molecule has 0 radical (unpaired) electrons. The van der Waals surface area contributed by atoms with Gasteiger partial charge in [-0.15, -0.1) is 0 Å². The summed E-state index contributed by atoms with van der Waals surface area (Å²) in [6.07, 6.45) is 2.72. The molecule has 1 saturated heterocycles. The molecule has 0 N–H and O–H groups in total. The Balaban J connectivity index is 1.86. The fourth-order valence-corrected chi connectivity index (χ4v) is 1.94. The molecular weight excluding hydrogens is 240 g/mol. The zero-order chi connectivity index (χ0) is 13.0. The summed E-state index contributed by atoms with van der Waals surface area (Å²) in [4.78, 5) is 13.3. The van der Waals surface area contributed by atoms with Crippen molar-refractivity contribution in [1.29, 1.82) is 0 Å². The fourth-order valence-electron chi connectivity index (χ4n) is 1.94. The number of hydrogen-bond acceptors (Lipinski definition) is 2. The minimum Gasteiger partial charge on any atom is -0.445 e. The normalized spacial score (nSPS) is 15.6. The summed E-state index contributed by atoms with van der Waals surface area (Å²) in [5, 5.41) is 0. The second kappa shape index (κ2) is 5.80. The Kier molecular flexibility index (Phi) is 4.12. The molecule has 3 nitrogen and oxygen atoms in total. The van der Waals surface area contributed by atoms with E-state index in [0.717, 1.165) is 31.4 Å². The average Bonchev–Trinajstić information content (AvgIpc) is 2.41. The van der Waals surface area contributed by atoms with E-state index in [-0.39, 0.29) is 12.7 Å². The fraction of sp³-hybridized carbons (Fsp3) is 0.462. The lowest BCUT2D eigenvalue weighted by atomic mass is 10.1. The Morgan fingerprint density at radius 1 is 1.17 bits per heavy atom. The van der Waals surface area contributed by atoms with Crippen LogP contribution >= 0.6 is 0 Å². The third kappa shape index (κ3) is 3.18. The minimum absolute atomic E-state index is 0.0352. The highest BCUT2D eigenvalue weighted by molar-refractivity contribution is 5.67. The lowest BCUT2D eigenvalue weighted by molar-refractivity contribution is 0.0893. The number of carbonyl (C=O) groups excluding carboxylic acids is 1. The van der Waals surface area contributed by atoms with Crippen molar-refractivity contribution in [3.05, 3.63) is 35.4 Å². The van der Waals surface area contributed by atoms with Crippen molar-refractivity contribution in [3.8, 4) is 0 Å². The monoisotopic (exact) mass is 255 g/mol. The summed E-state index contributed by atoms with van der Waals surface area (Å²) in [6, 6.07) is 3.47. The van der Waals surface area contributed by atoms with Crippen molar-refractivity contribution >= 4 is 6.09 Å². The smallest absolute Gasteiger partial charge is 0.410 e. The maximum absolute atomic E-state index is 12.9. The number of amides is 1. The van der Waals surface area contributed by atoms with E-state index in [0.29, 0.717) is 18.7 Å². The van der Waals surface area contributed by atoms with Crippen LogP contribution in [0, 0.1) is 11.6 Å². The first-order valence-electron chi connectivity index (χ1n) is 6.02. The van der Waals surface area contributed by atoms with Crippen LogP contribution < -0.4 is 0 Å². The van der Waals surface area contributed by atoms with Gasteiger partial charge in [-0.05, 0) is 37.0 Å². The summed E-state index contributed by atoms with van der Waals surface area (Å²) in [5.41, 5.74) is 0.444. The van der Waals surface area contributed by atoms with Crippen LogP contribution in [0.15, 0.2) is 18.2 Å². The van der Waals surface area contributed by atoms with Crippen LogP contribution in [0.1, 0.15) is 24.8 Å². The van der Waals surface area contributed by atoms with E-state index in [1.807, 2.05) is 0 Å². The van der Waals surface area contributed by atoms with Gasteiger partial charge in [0.05, 0.1) is 0 Å². The van der Waals surface area contributed by atoms with Gasteiger partial charge in [-0.3, -0.25) is 0 Å². The van der Waals surface area contributed by atoms with Crippen LogP contribution in [0.3, 0.4) is 0 Å². The van der Waals surface area contributed by atoms with E-state index in [1.54, 1.807) is 4.90 Å². The zero-order valence-electron chi connectivity index (χ0n) is 9.99. The molecule has 0 saturated carbocycles. The van der Waals surface area contributed by atoms with Crippen LogP contribution in [0.5, 0.6) is 0 Å². The van der Waals surface area contributed by atoms with Crippen molar-refractivity contribution in [2.24, 2.45) is 0 Å². The summed E-state index contributed by atoms with van der Waals surface area (Å²) < 4.78 is 30.7. The van der Waals surface area contributed by atoms with Gasteiger partial charge in [0.2, 0.25) is 0 Å². The van der Waals surface area contributed by atoms with Gasteiger partial charge in [-0.25, -0.2) is 13.6 Å². The summed E-state index contributed by atoms with van der Waals surface area (Å²) >= 11 is 0. The number of ether oxygens (including phenoxy) is 1. The van der Waals surface area contributed by atoms with E-state index in [4.69, 9.17) is 4.74 Å². The Hall–Kier alpha value is -1.65. The standard InChI is InChI=1S/C13H15F2NO2/c14-11-5-4-10(8-12(11)15)9-18-13(17)16-6-2-1-3-7-16/h4-5,8H,1-3,6-7,9H2. The molecule has 98 valence electrons. The summed E-state index contributed by atoms with van der Waals surface area (Å²) in [5.74, 6) is -1.83. The summed E-state index contributed by atoms with van der Waals surface area (Å²) in [7, 11) is 0. The van der Waals surface area contributed by atoms with Crippen molar-refractivity contribution in [2.45, 2.75) is 25.9 Å². The number of rotatable bonds is 2. The van der Waals surface area contributed by atoms with E-state index in [2.05, 4.69) is 0 Å². The van der Waals surface area contributed by atoms with Gasteiger partial charge in [0.1, 0.15) is 6.61 Å². The highest BCUT2D eigenvalue weighted by Crippen LogP contribution is 2.13. The lowest BCUT2D eigenvalue weighted by Gasteiger charge is -2.25. The maximum atomic E-state index is 12.9. The number of carbonyl (C=O) groups is 1. The number of nitrogens with zero attached hydrogens (tertiary/aromatic N) is 1. The third-order valence-corrected chi connectivity index (χ3v) is 2.96. The van der Waals surface area contributed by atoms with Crippen molar-refractivity contribution in [1.82, 2.24) is 4.90 Å². The van der Waals surface area contributed by atoms with E-state index >= 15 is 0 Å². The van der Waals surface area contributed by atoms with Gasteiger partial charge < -0.3 is 9.64 Å². The Labute approximate surface area is 104 Å². The zero-order valence-corrected chi connectivity index (χ0v) is 9.99. The van der Waals surface area contributed by atoms with E-state index in [9.17, 15) is 13.6 Å². The molecule has 1 amide bonds. The highest BCUT2D eigenvalue weighted by Gasteiger charge is 2.17. The first-order chi connectivity index (χ1) is 8.66. The van der Waals surface area contributed by atoms with Gasteiger partial charge in [-0.2, -0.15) is 0 Å². The number of halogens is 2. The van der Waals surface area contributed by atoms with E-state index in [1.165, 1.54) is 6.07 Å².